The van der Waals surface area contributed by atoms with Gasteiger partial charge in [-0.1, -0.05) is 44.9 Å². The minimum atomic E-state index is -0.0558. The van der Waals surface area contributed by atoms with Crippen LogP contribution in [0, 0.1) is 0 Å². The molecule has 0 saturated carbocycles. The van der Waals surface area contributed by atoms with Gasteiger partial charge in [0, 0.05) is 41.2 Å². The summed E-state index contributed by atoms with van der Waals surface area (Å²) in [4.78, 5) is 22.1. The topological polar surface area (TPSA) is 45.7 Å². The van der Waals surface area contributed by atoms with Crippen LogP contribution >= 0.6 is 38.9 Å². The Morgan fingerprint density at radius 2 is 2.07 bits per heavy atom. The maximum absolute atomic E-state index is 13.3. The van der Waals surface area contributed by atoms with Gasteiger partial charge in [-0.05, 0) is 36.4 Å². The number of fused-ring (bicyclic) bond motifs is 1. The van der Waals surface area contributed by atoms with Crippen molar-refractivity contribution in [3.63, 3.8) is 0 Å². The highest BCUT2D eigenvalue weighted by atomic mass is 79.9. The van der Waals surface area contributed by atoms with E-state index in [1.807, 2.05) is 42.5 Å². The maximum atomic E-state index is 13.3. The van der Waals surface area contributed by atoms with Crippen LogP contribution in [0.15, 0.2) is 46.9 Å². The van der Waals surface area contributed by atoms with Crippen LogP contribution in [0.1, 0.15) is 10.4 Å². The molecule has 0 aliphatic carbocycles. The quantitative estimate of drug-likeness (QED) is 0.531. The number of benzene rings is 2. The van der Waals surface area contributed by atoms with Gasteiger partial charge in [0.05, 0.1) is 23.4 Å². The molecule has 1 aliphatic rings. The molecule has 0 unspecified atom stereocenters. The molecule has 1 saturated heterocycles. The van der Waals surface area contributed by atoms with Gasteiger partial charge in [-0.3, -0.25) is 14.6 Å². The lowest BCUT2D eigenvalue weighted by Gasteiger charge is -2.29. The van der Waals surface area contributed by atoms with Gasteiger partial charge in [-0.2, -0.15) is 0 Å². The Hall–Kier alpha value is -1.51. The molecule has 0 bridgehead atoms. The van der Waals surface area contributed by atoms with Crippen molar-refractivity contribution in [2.45, 2.75) is 0 Å². The summed E-state index contributed by atoms with van der Waals surface area (Å²) < 4.78 is 7.27. The van der Waals surface area contributed by atoms with Crippen molar-refractivity contribution in [2.75, 3.05) is 44.3 Å². The van der Waals surface area contributed by atoms with Crippen molar-refractivity contribution >= 4 is 60.1 Å². The van der Waals surface area contributed by atoms with Crippen LogP contribution in [0.25, 0.3) is 10.2 Å². The average Bonchev–Trinajstić information content (AvgIpc) is 3.11. The second kappa shape index (κ2) is 8.88. The number of carbonyl (C=O) groups excluding carboxylic acids is 1. The number of rotatable bonds is 5. The first-order valence-electron chi connectivity index (χ1n) is 9.04. The maximum Gasteiger partial charge on any atom is 0.260 e. The van der Waals surface area contributed by atoms with Gasteiger partial charge in [-0.25, -0.2) is 4.98 Å². The first kappa shape index (κ1) is 19.8. The molecule has 5 nitrogen and oxygen atoms in total. The van der Waals surface area contributed by atoms with E-state index < -0.39 is 0 Å². The Morgan fingerprint density at radius 1 is 1.25 bits per heavy atom. The van der Waals surface area contributed by atoms with Crippen molar-refractivity contribution in [3.8, 4) is 0 Å². The predicted octanol–water partition coefficient (Wildman–Crippen LogP) is 4.69. The summed E-state index contributed by atoms with van der Waals surface area (Å²) in [5.74, 6) is -0.0558. The van der Waals surface area contributed by atoms with Crippen molar-refractivity contribution in [2.24, 2.45) is 0 Å². The number of thiazole rings is 1. The van der Waals surface area contributed by atoms with E-state index in [1.165, 1.54) is 11.3 Å². The average molecular weight is 481 g/mol. The lowest BCUT2D eigenvalue weighted by atomic mass is 10.2. The number of halogens is 2. The predicted molar refractivity (Wildman–Crippen MR) is 118 cm³/mol. The Bertz CT molecular complexity index is 990. The van der Waals surface area contributed by atoms with E-state index in [9.17, 15) is 4.79 Å². The van der Waals surface area contributed by atoms with Crippen molar-refractivity contribution in [1.29, 1.82) is 0 Å². The Balaban J connectivity index is 1.63. The zero-order valence-corrected chi connectivity index (χ0v) is 18.3. The second-order valence-electron chi connectivity index (χ2n) is 6.53. The number of carbonyl (C=O) groups is 1. The fourth-order valence-electron chi connectivity index (χ4n) is 3.13. The summed E-state index contributed by atoms with van der Waals surface area (Å²) in [5, 5.41) is 1.36. The van der Waals surface area contributed by atoms with Crippen LogP contribution in [0.2, 0.25) is 5.02 Å². The Kier molecular flexibility index (Phi) is 6.28. The normalized spacial score (nSPS) is 15.1. The molecule has 1 fully saturated rings. The second-order valence-corrected chi connectivity index (χ2v) is 8.89. The number of anilines is 1. The third kappa shape index (κ3) is 4.55. The van der Waals surface area contributed by atoms with Crippen LogP contribution in [0.3, 0.4) is 0 Å². The summed E-state index contributed by atoms with van der Waals surface area (Å²) >= 11 is 11.1. The van der Waals surface area contributed by atoms with Crippen LogP contribution < -0.4 is 4.90 Å². The van der Waals surface area contributed by atoms with E-state index >= 15 is 0 Å². The molecule has 146 valence electrons. The summed E-state index contributed by atoms with van der Waals surface area (Å²) in [7, 11) is 0. The molecule has 1 aliphatic heterocycles. The zero-order chi connectivity index (χ0) is 19.5. The van der Waals surface area contributed by atoms with E-state index in [1.54, 1.807) is 4.90 Å². The van der Waals surface area contributed by atoms with Gasteiger partial charge in [-0.15, -0.1) is 0 Å². The lowest BCUT2D eigenvalue weighted by Crippen LogP contribution is -2.43. The summed E-state index contributed by atoms with van der Waals surface area (Å²) in [6, 6.07) is 13.1. The van der Waals surface area contributed by atoms with Crippen LogP contribution in [0.4, 0.5) is 5.13 Å². The Morgan fingerprint density at radius 3 is 2.86 bits per heavy atom. The molecular formula is C20H19BrClN3O2S. The number of hydrogen-bond donors (Lipinski definition) is 0. The molecule has 28 heavy (non-hydrogen) atoms. The molecule has 2 heterocycles. The molecular weight excluding hydrogens is 462 g/mol. The number of hydrogen-bond acceptors (Lipinski definition) is 5. The van der Waals surface area contributed by atoms with Gasteiger partial charge < -0.3 is 4.74 Å². The fourth-order valence-corrected chi connectivity index (χ4v) is 4.79. The fraction of sp³-hybridized carbons (Fsp3) is 0.300. The number of morpholine rings is 1. The van der Waals surface area contributed by atoms with E-state index in [4.69, 9.17) is 21.3 Å². The van der Waals surface area contributed by atoms with Crippen molar-refractivity contribution < 1.29 is 9.53 Å². The first-order chi connectivity index (χ1) is 13.6. The molecule has 8 heteroatoms. The monoisotopic (exact) mass is 479 g/mol. The highest BCUT2D eigenvalue weighted by Crippen LogP contribution is 2.31. The largest absolute Gasteiger partial charge is 0.379 e. The van der Waals surface area contributed by atoms with E-state index in [2.05, 4.69) is 20.8 Å². The minimum absolute atomic E-state index is 0.0558. The molecule has 0 atom stereocenters. The molecule has 4 rings (SSSR count). The third-order valence-electron chi connectivity index (χ3n) is 4.63. The molecule has 1 amide bonds. The first-order valence-corrected chi connectivity index (χ1v) is 11.0. The van der Waals surface area contributed by atoms with Crippen molar-refractivity contribution in [3.05, 3.63) is 57.5 Å². The van der Waals surface area contributed by atoms with Gasteiger partial charge in [0.25, 0.3) is 5.91 Å². The van der Waals surface area contributed by atoms with Crippen LogP contribution in [-0.4, -0.2) is 55.2 Å². The highest BCUT2D eigenvalue weighted by Gasteiger charge is 2.23. The molecule has 1 aromatic heterocycles. The molecule has 3 aromatic rings. The SMILES string of the molecule is O=C(c1cccc(Br)c1)N(CCN1CCOCC1)c1nc2ccc(Cl)cc2s1. The van der Waals surface area contributed by atoms with Gasteiger partial charge in [0.2, 0.25) is 0 Å². The Labute approximate surface area is 181 Å². The molecule has 0 radical (unpaired) electrons. The van der Waals surface area contributed by atoms with Crippen LogP contribution in [0.5, 0.6) is 0 Å². The molecule has 0 N–H and O–H groups in total. The smallest absolute Gasteiger partial charge is 0.260 e. The van der Waals surface area contributed by atoms with Gasteiger partial charge in [0.15, 0.2) is 5.13 Å². The van der Waals surface area contributed by atoms with E-state index in [0.717, 1.165) is 47.5 Å². The van der Waals surface area contributed by atoms with E-state index in [0.29, 0.717) is 22.3 Å². The summed E-state index contributed by atoms with van der Waals surface area (Å²) in [5.41, 5.74) is 1.48. The standard InChI is InChI=1S/C20H19BrClN3O2S/c21-15-3-1-2-14(12-15)19(26)25(7-6-24-8-10-27-11-9-24)20-23-17-5-4-16(22)13-18(17)28-20/h1-5,12-13H,6-11H2. The third-order valence-corrected chi connectivity index (χ3v) is 6.40. The molecule has 2 aromatic carbocycles. The minimum Gasteiger partial charge on any atom is -0.379 e. The van der Waals surface area contributed by atoms with Gasteiger partial charge >= 0.3 is 0 Å². The van der Waals surface area contributed by atoms with Crippen molar-refractivity contribution in [1.82, 2.24) is 9.88 Å². The summed E-state index contributed by atoms with van der Waals surface area (Å²) in [6.07, 6.45) is 0. The van der Waals surface area contributed by atoms with E-state index in [-0.39, 0.29) is 5.91 Å². The summed E-state index contributed by atoms with van der Waals surface area (Å²) in [6.45, 7) is 4.58. The zero-order valence-electron chi connectivity index (χ0n) is 15.1. The van der Waals surface area contributed by atoms with Crippen LogP contribution in [-0.2, 0) is 4.74 Å². The lowest BCUT2D eigenvalue weighted by molar-refractivity contribution is 0.0391. The van der Waals surface area contributed by atoms with Gasteiger partial charge in [0.1, 0.15) is 0 Å². The number of amides is 1. The highest BCUT2D eigenvalue weighted by molar-refractivity contribution is 9.10. The molecule has 0 spiro atoms. The number of ether oxygens (including phenoxy) is 1. The number of nitrogens with zero attached hydrogens (tertiary/aromatic N) is 3. The number of aromatic nitrogens is 1.